The number of ether oxygens (including phenoxy) is 1. The number of hydrogen-bond acceptors (Lipinski definition) is 2. The Morgan fingerprint density at radius 1 is 1.42 bits per heavy atom. The van der Waals surface area contributed by atoms with Crippen LogP contribution in [0, 0.1) is 5.82 Å². The first-order valence-corrected chi connectivity index (χ1v) is 8.98. The molecule has 0 aliphatic carbocycles. The SMILES string of the molecule is C=CCCCN(C)C(=NC)NCC1(c2cccc(F)c2)CCOCC1.I. The number of allylic oxidation sites excluding steroid dienone is 1. The maximum absolute atomic E-state index is 13.8. The van der Waals surface area contributed by atoms with Crippen LogP contribution in [0.25, 0.3) is 0 Å². The minimum atomic E-state index is -0.186. The van der Waals surface area contributed by atoms with Crippen LogP contribution < -0.4 is 5.32 Å². The summed E-state index contributed by atoms with van der Waals surface area (Å²) in [5, 5.41) is 3.50. The van der Waals surface area contributed by atoms with E-state index in [1.54, 1.807) is 19.2 Å². The van der Waals surface area contributed by atoms with Crippen molar-refractivity contribution in [2.24, 2.45) is 4.99 Å². The molecule has 0 amide bonds. The molecular formula is C20H31FIN3O. The summed E-state index contributed by atoms with van der Waals surface area (Å²) in [5.41, 5.74) is 0.909. The van der Waals surface area contributed by atoms with E-state index in [1.165, 1.54) is 6.07 Å². The van der Waals surface area contributed by atoms with Gasteiger partial charge in [0.2, 0.25) is 0 Å². The third-order valence-corrected chi connectivity index (χ3v) is 4.95. The molecule has 0 spiro atoms. The Balaban J connectivity index is 0.00000338. The predicted molar refractivity (Wildman–Crippen MR) is 117 cm³/mol. The Morgan fingerprint density at radius 2 is 2.15 bits per heavy atom. The second kappa shape index (κ2) is 11.5. The van der Waals surface area contributed by atoms with Crippen molar-refractivity contribution >= 4 is 29.9 Å². The molecule has 1 aromatic carbocycles. The molecule has 1 saturated heterocycles. The van der Waals surface area contributed by atoms with Gasteiger partial charge in [-0.3, -0.25) is 4.99 Å². The molecule has 0 unspecified atom stereocenters. The number of halogens is 2. The molecule has 1 aromatic rings. The van der Waals surface area contributed by atoms with Gasteiger partial charge in [0.25, 0.3) is 0 Å². The molecule has 6 heteroatoms. The largest absolute Gasteiger partial charge is 0.381 e. The summed E-state index contributed by atoms with van der Waals surface area (Å²) < 4.78 is 19.3. The fourth-order valence-electron chi connectivity index (χ4n) is 3.36. The van der Waals surface area contributed by atoms with Gasteiger partial charge in [-0.25, -0.2) is 4.39 Å². The van der Waals surface area contributed by atoms with Crippen molar-refractivity contribution in [3.63, 3.8) is 0 Å². The molecule has 146 valence electrons. The highest BCUT2D eigenvalue weighted by atomic mass is 127. The number of aliphatic imine (C=N–C) groups is 1. The maximum atomic E-state index is 13.8. The van der Waals surface area contributed by atoms with Crippen LogP contribution in [0.1, 0.15) is 31.2 Å². The highest BCUT2D eigenvalue weighted by molar-refractivity contribution is 14.0. The molecular weight excluding hydrogens is 444 g/mol. The number of benzene rings is 1. The van der Waals surface area contributed by atoms with E-state index in [2.05, 4.69) is 21.8 Å². The van der Waals surface area contributed by atoms with Crippen molar-refractivity contribution in [1.82, 2.24) is 10.2 Å². The van der Waals surface area contributed by atoms with Gasteiger partial charge in [0.1, 0.15) is 5.82 Å². The lowest BCUT2D eigenvalue weighted by Crippen LogP contribution is -2.48. The average Bonchev–Trinajstić information content (AvgIpc) is 2.63. The number of guanidine groups is 1. The first-order valence-electron chi connectivity index (χ1n) is 8.98. The molecule has 1 fully saturated rings. The van der Waals surface area contributed by atoms with Crippen LogP contribution in [-0.4, -0.2) is 51.3 Å². The van der Waals surface area contributed by atoms with Crippen molar-refractivity contribution in [3.8, 4) is 0 Å². The van der Waals surface area contributed by atoms with Gasteiger partial charge in [-0.15, -0.1) is 30.6 Å². The fraction of sp³-hybridized carbons (Fsp3) is 0.550. The molecule has 0 aromatic heterocycles. The molecule has 0 atom stereocenters. The number of nitrogens with zero attached hydrogens (tertiary/aromatic N) is 2. The molecule has 1 aliphatic rings. The lowest BCUT2D eigenvalue weighted by Gasteiger charge is -2.39. The fourth-order valence-corrected chi connectivity index (χ4v) is 3.36. The van der Waals surface area contributed by atoms with E-state index in [0.717, 1.165) is 50.3 Å². The van der Waals surface area contributed by atoms with Gasteiger partial charge in [0.15, 0.2) is 5.96 Å². The minimum Gasteiger partial charge on any atom is -0.381 e. The molecule has 0 saturated carbocycles. The van der Waals surface area contributed by atoms with Crippen LogP contribution in [0.4, 0.5) is 4.39 Å². The normalized spacial score (nSPS) is 16.5. The summed E-state index contributed by atoms with van der Waals surface area (Å²) in [6.45, 7) is 6.80. The standard InChI is InChI=1S/C20H30FN3O.HI/c1-4-5-6-12-24(3)19(22-2)23-16-20(10-13-25-14-11-20)17-8-7-9-18(21)15-17;/h4,7-9,15H,1,5-6,10-14,16H2,2-3H3,(H,22,23);1H. The topological polar surface area (TPSA) is 36.9 Å². The quantitative estimate of drug-likeness (QED) is 0.213. The van der Waals surface area contributed by atoms with Gasteiger partial charge in [-0.2, -0.15) is 0 Å². The molecule has 1 N–H and O–H groups in total. The number of hydrogen-bond donors (Lipinski definition) is 1. The number of nitrogens with one attached hydrogen (secondary N) is 1. The monoisotopic (exact) mass is 475 g/mol. The Hall–Kier alpha value is -1.15. The third kappa shape index (κ3) is 6.23. The smallest absolute Gasteiger partial charge is 0.193 e. The summed E-state index contributed by atoms with van der Waals surface area (Å²) >= 11 is 0. The first-order chi connectivity index (χ1) is 12.1. The lowest BCUT2D eigenvalue weighted by atomic mass is 9.74. The third-order valence-electron chi connectivity index (χ3n) is 4.95. The Morgan fingerprint density at radius 3 is 2.77 bits per heavy atom. The van der Waals surface area contributed by atoms with Gasteiger partial charge in [-0.05, 0) is 43.4 Å². The summed E-state index contributed by atoms with van der Waals surface area (Å²) in [7, 11) is 3.84. The summed E-state index contributed by atoms with van der Waals surface area (Å²) in [5.74, 6) is 0.681. The van der Waals surface area contributed by atoms with E-state index in [9.17, 15) is 4.39 Å². The van der Waals surface area contributed by atoms with Crippen molar-refractivity contribution < 1.29 is 9.13 Å². The summed E-state index contributed by atoms with van der Waals surface area (Å²) in [4.78, 5) is 6.52. The highest BCUT2D eigenvalue weighted by Gasteiger charge is 2.35. The van der Waals surface area contributed by atoms with E-state index >= 15 is 0 Å². The van der Waals surface area contributed by atoms with E-state index in [4.69, 9.17) is 4.74 Å². The van der Waals surface area contributed by atoms with Crippen LogP contribution in [-0.2, 0) is 10.2 Å². The lowest BCUT2D eigenvalue weighted by molar-refractivity contribution is 0.0511. The van der Waals surface area contributed by atoms with Crippen LogP contribution in [0.5, 0.6) is 0 Å². The molecule has 4 nitrogen and oxygen atoms in total. The second-order valence-electron chi connectivity index (χ2n) is 6.66. The molecule has 0 radical (unpaired) electrons. The van der Waals surface area contributed by atoms with E-state index in [-0.39, 0.29) is 35.2 Å². The van der Waals surface area contributed by atoms with Crippen LogP contribution in [0.2, 0.25) is 0 Å². The zero-order valence-corrected chi connectivity index (χ0v) is 18.2. The molecule has 1 aliphatic heterocycles. The van der Waals surface area contributed by atoms with Gasteiger partial charge in [0.05, 0.1) is 0 Å². The average molecular weight is 475 g/mol. The van der Waals surface area contributed by atoms with E-state index in [0.29, 0.717) is 13.2 Å². The van der Waals surface area contributed by atoms with Gasteiger partial charge >= 0.3 is 0 Å². The van der Waals surface area contributed by atoms with Gasteiger partial charge < -0.3 is 15.0 Å². The summed E-state index contributed by atoms with van der Waals surface area (Å²) in [6.07, 6.45) is 5.72. The summed E-state index contributed by atoms with van der Waals surface area (Å²) in [6, 6.07) is 6.96. The van der Waals surface area contributed by atoms with Crippen LogP contribution >= 0.6 is 24.0 Å². The highest BCUT2D eigenvalue weighted by Crippen LogP contribution is 2.34. The van der Waals surface area contributed by atoms with E-state index < -0.39 is 0 Å². The van der Waals surface area contributed by atoms with Crippen molar-refractivity contribution in [3.05, 3.63) is 48.3 Å². The van der Waals surface area contributed by atoms with Gasteiger partial charge in [0, 0.05) is 45.8 Å². The molecule has 1 heterocycles. The maximum Gasteiger partial charge on any atom is 0.193 e. The van der Waals surface area contributed by atoms with Crippen molar-refractivity contribution in [2.45, 2.75) is 31.1 Å². The number of rotatable bonds is 7. The predicted octanol–water partition coefficient (Wildman–Crippen LogP) is 3.97. The molecule has 26 heavy (non-hydrogen) atoms. The minimum absolute atomic E-state index is 0. The van der Waals surface area contributed by atoms with E-state index in [1.807, 2.05) is 19.2 Å². The zero-order chi connectivity index (χ0) is 18.1. The number of unbranched alkanes of at least 4 members (excludes halogenated alkanes) is 1. The van der Waals surface area contributed by atoms with Crippen LogP contribution in [0.15, 0.2) is 41.9 Å². The van der Waals surface area contributed by atoms with Crippen molar-refractivity contribution in [2.75, 3.05) is 40.4 Å². The van der Waals surface area contributed by atoms with Crippen LogP contribution in [0.3, 0.4) is 0 Å². The molecule has 2 rings (SSSR count). The first kappa shape index (κ1) is 22.9. The molecule has 0 bridgehead atoms. The second-order valence-corrected chi connectivity index (χ2v) is 6.66. The Bertz CT molecular complexity index is 588. The Labute approximate surface area is 173 Å². The Kier molecular flexibility index (Phi) is 10.2. The zero-order valence-electron chi connectivity index (χ0n) is 15.8. The van der Waals surface area contributed by atoms with Crippen molar-refractivity contribution in [1.29, 1.82) is 0 Å². The van der Waals surface area contributed by atoms with Gasteiger partial charge in [-0.1, -0.05) is 18.2 Å².